The lowest BCUT2D eigenvalue weighted by molar-refractivity contribution is 0.0996. The number of carbonyl (C=O) groups is 1. The van der Waals surface area contributed by atoms with E-state index < -0.39 is 0 Å². The van der Waals surface area contributed by atoms with Crippen molar-refractivity contribution in [3.8, 4) is 0 Å². The zero-order valence-corrected chi connectivity index (χ0v) is 15.3. The lowest BCUT2D eigenvalue weighted by Gasteiger charge is -2.00. The molecule has 2 N–H and O–H groups in total. The summed E-state index contributed by atoms with van der Waals surface area (Å²) >= 11 is 11.1. The zero-order chi connectivity index (χ0) is 16.8. The minimum Gasteiger partial charge on any atom is -0.326 e. The van der Waals surface area contributed by atoms with Gasteiger partial charge in [-0.25, -0.2) is 0 Å². The number of halogens is 1. The van der Waals surface area contributed by atoms with E-state index in [9.17, 15) is 4.79 Å². The maximum Gasteiger partial charge on any atom is 0.176 e. The number of nitrogens with two attached hydrogens (primary N) is 1. The quantitative estimate of drug-likeness (QED) is 0.478. The molecule has 1 atom stereocenters. The molecular weight excluding hydrogens is 380 g/mol. The number of pyridine rings is 1. The van der Waals surface area contributed by atoms with Crippen molar-refractivity contribution in [3.63, 3.8) is 0 Å². The van der Waals surface area contributed by atoms with Gasteiger partial charge in [0.2, 0.25) is 0 Å². The number of thiocarbonyl (C=S) groups is 2. The average Bonchev–Trinajstić information content (AvgIpc) is 2.57. The van der Waals surface area contributed by atoms with Crippen LogP contribution in [0.3, 0.4) is 0 Å². The molecule has 0 aliphatic heterocycles. The number of rotatable bonds is 3. The molecule has 0 saturated carbocycles. The Balaban J connectivity index is 0.000000352. The average molecular weight is 397 g/mol. The first-order valence-electron chi connectivity index (χ1n) is 6.38. The van der Waals surface area contributed by atoms with Gasteiger partial charge in [0.1, 0.15) is 0 Å². The molecule has 22 heavy (non-hydrogen) atoms. The second-order valence-corrected chi connectivity index (χ2v) is 6.03. The Kier molecular flexibility index (Phi) is 12.6. The highest BCUT2D eigenvalue weighted by atomic mass is 79.9. The summed E-state index contributed by atoms with van der Waals surface area (Å²) in [5.74, 6) is 0.130. The van der Waals surface area contributed by atoms with Gasteiger partial charge in [0, 0.05) is 28.8 Å². The van der Waals surface area contributed by atoms with E-state index in [4.69, 9.17) is 5.73 Å². The normalized spacial score (nSPS) is 9.95. The molecule has 3 nitrogen and oxygen atoms in total. The number of alkyl halides is 1. The molecule has 116 valence electrons. The summed E-state index contributed by atoms with van der Waals surface area (Å²) in [5.41, 5.74) is 7.21. The van der Waals surface area contributed by atoms with Crippen LogP contribution in [-0.4, -0.2) is 19.9 Å². The van der Waals surface area contributed by atoms with Gasteiger partial charge in [0.15, 0.2) is 5.78 Å². The maximum absolute atomic E-state index is 11.3. The Labute approximate surface area is 150 Å². The third-order valence-electron chi connectivity index (χ3n) is 2.40. The van der Waals surface area contributed by atoms with Gasteiger partial charge in [-0.2, -0.15) is 0 Å². The van der Waals surface area contributed by atoms with Crippen LogP contribution in [0.2, 0.25) is 0 Å². The van der Waals surface area contributed by atoms with Crippen LogP contribution in [0.15, 0.2) is 54.9 Å². The Morgan fingerprint density at radius 1 is 1.23 bits per heavy atom. The summed E-state index contributed by atoms with van der Waals surface area (Å²) in [6.45, 7) is 2.43. The van der Waals surface area contributed by atoms with E-state index in [1.54, 1.807) is 12.4 Å². The summed E-state index contributed by atoms with van der Waals surface area (Å²) in [4.78, 5) is 15.0. The van der Waals surface area contributed by atoms with E-state index in [1.165, 1.54) is 0 Å². The number of aromatic nitrogens is 1. The van der Waals surface area contributed by atoms with Crippen LogP contribution in [0.25, 0.3) is 0 Å². The molecule has 1 unspecified atom stereocenters. The van der Waals surface area contributed by atoms with E-state index in [2.05, 4.69) is 45.3 Å². The summed E-state index contributed by atoms with van der Waals surface area (Å²) in [7, 11) is 0. The SMILES string of the molecule is CC(Br)C(=O)c1ccccc1.NCc1ccncc1.S=C=S. The molecular formula is C16H17BrN2OS2. The van der Waals surface area contributed by atoms with E-state index in [-0.39, 0.29) is 10.6 Å². The highest BCUT2D eigenvalue weighted by Gasteiger charge is 2.09. The minimum absolute atomic E-state index is 0.0927. The Bertz CT molecular complexity index is 571. The molecule has 2 rings (SSSR count). The molecule has 1 heterocycles. The van der Waals surface area contributed by atoms with Crippen molar-refractivity contribution >= 4 is 50.5 Å². The molecule has 0 radical (unpaired) electrons. The van der Waals surface area contributed by atoms with Gasteiger partial charge in [-0.1, -0.05) is 46.3 Å². The maximum atomic E-state index is 11.3. The zero-order valence-electron chi connectivity index (χ0n) is 12.1. The van der Waals surface area contributed by atoms with Crippen molar-refractivity contribution in [2.75, 3.05) is 0 Å². The third kappa shape index (κ3) is 9.60. The minimum atomic E-state index is -0.0927. The molecule has 0 aliphatic rings. The summed E-state index contributed by atoms with van der Waals surface area (Å²) in [6.07, 6.45) is 3.48. The molecule has 0 aliphatic carbocycles. The molecule has 1 aromatic heterocycles. The van der Waals surface area contributed by atoms with E-state index >= 15 is 0 Å². The predicted molar refractivity (Wildman–Crippen MR) is 101 cm³/mol. The Hall–Kier alpha value is -1.30. The van der Waals surface area contributed by atoms with E-state index in [0.717, 1.165) is 11.1 Å². The summed E-state index contributed by atoms with van der Waals surface area (Å²) in [6, 6.07) is 13.1. The first-order chi connectivity index (χ1) is 10.6. The van der Waals surface area contributed by atoms with Gasteiger partial charge in [-0.15, -0.1) is 0 Å². The van der Waals surface area contributed by atoms with Crippen molar-refractivity contribution in [1.82, 2.24) is 4.98 Å². The van der Waals surface area contributed by atoms with Crippen LogP contribution >= 0.6 is 40.4 Å². The number of carbonyl (C=O) groups excluding carboxylic acids is 1. The first-order valence-corrected chi connectivity index (χ1v) is 8.11. The van der Waals surface area contributed by atoms with Crippen LogP contribution < -0.4 is 5.73 Å². The molecule has 6 heteroatoms. The van der Waals surface area contributed by atoms with Gasteiger partial charge in [-0.05, 0) is 49.1 Å². The molecule has 0 saturated heterocycles. The van der Waals surface area contributed by atoms with Gasteiger partial charge in [-0.3, -0.25) is 9.78 Å². The number of ketones is 1. The number of nitrogens with zero attached hydrogens (tertiary/aromatic N) is 1. The second kappa shape index (κ2) is 13.4. The van der Waals surface area contributed by atoms with Crippen molar-refractivity contribution in [3.05, 3.63) is 66.0 Å². The fourth-order valence-corrected chi connectivity index (χ4v) is 1.62. The van der Waals surface area contributed by atoms with Crippen LogP contribution in [0.5, 0.6) is 0 Å². The van der Waals surface area contributed by atoms with Crippen molar-refractivity contribution in [2.24, 2.45) is 5.73 Å². The smallest absolute Gasteiger partial charge is 0.176 e. The lowest BCUT2D eigenvalue weighted by atomic mass is 10.1. The number of hydrogen-bond acceptors (Lipinski definition) is 5. The van der Waals surface area contributed by atoms with Gasteiger partial charge in [0.25, 0.3) is 0 Å². The fourth-order valence-electron chi connectivity index (χ4n) is 1.35. The highest BCUT2D eigenvalue weighted by Crippen LogP contribution is 2.08. The predicted octanol–water partition coefficient (Wildman–Crippen LogP) is 4.21. The van der Waals surface area contributed by atoms with Crippen LogP contribution in [0, 0.1) is 0 Å². The van der Waals surface area contributed by atoms with Gasteiger partial charge >= 0.3 is 0 Å². The fraction of sp³-hybridized carbons (Fsp3) is 0.188. The lowest BCUT2D eigenvalue weighted by Crippen LogP contribution is -2.09. The van der Waals surface area contributed by atoms with Crippen molar-refractivity contribution in [2.45, 2.75) is 18.3 Å². The van der Waals surface area contributed by atoms with E-state index in [0.29, 0.717) is 6.54 Å². The number of benzene rings is 1. The topological polar surface area (TPSA) is 56.0 Å². The molecule has 1 aromatic carbocycles. The van der Waals surface area contributed by atoms with Crippen LogP contribution in [-0.2, 0) is 6.54 Å². The van der Waals surface area contributed by atoms with Gasteiger partial charge in [0.05, 0.1) is 4.83 Å². The van der Waals surface area contributed by atoms with Crippen molar-refractivity contribution in [1.29, 1.82) is 0 Å². The standard InChI is InChI=1S/C9H9BrO.C6H8N2.CS2/c1-7(10)9(11)8-5-3-2-4-6-8;7-5-6-1-3-8-4-2-6;2-1-3/h2-7H,1H3;1-4H,5,7H2;. The summed E-state index contributed by atoms with van der Waals surface area (Å²) < 4.78 is 1.92. The van der Waals surface area contributed by atoms with Gasteiger partial charge < -0.3 is 5.73 Å². The van der Waals surface area contributed by atoms with Crippen LogP contribution in [0.1, 0.15) is 22.8 Å². The largest absolute Gasteiger partial charge is 0.326 e. The molecule has 0 amide bonds. The Morgan fingerprint density at radius 3 is 2.09 bits per heavy atom. The number of Topliss-reactive ketones (excluding diaryl/α,β-unsaturated/α-hetero) is 1. The van der Waals surface area contributed by atoms with E-state index in [1.807, 2.05) is 53.7 Å². The van der Waals surface area contributed by atoms with Crippen LogP contribution in [0.4, 0.5) is 0 Å². The molecule has 0 spiro atoms. The molecule has 0 fully saturated rings. The molecule has 0 bridgehead atoms. The summed E-state index contributed by atoms with van der Waals surface area (Å²) in [5, 5.41) is 0. The molecule has 2 aromatic rings. The first kappa shape index (κ1) is 20.7. The Morgan fingerprint density at radius 2 is 1.73 bits per heavy atom. The highest BCUT2D eigenvalue weighted by molar-refractivity contribution is 9.10. The van der Waals surface area contributed by atoms with Crippen molar-refractivity contribution < 1.29 is 4.79 Å². The third-order valence-corrected chi connectivity index (χ3v) is 2.82. The number of hydrogen-bond donors (Lipinski definition) is 1. The second-order valence-electron chi connectivity index (χ2n) is 3.99. The monoisotopic (exact) mass is 396 g/mol.